The lowest BCUT2D eigenvalue weighted by Gasteiger charge is -2.23. The lowest BCUT2D eigenvalue weighted by atomic mass is 10.0. The molecule has 1 saturated heterocycles. The van der Waals surface area contributed by atoms with Crippen LogP contribution in [0, 0.1) is 0 Å². The first-order valence-electron chi connectivity index (χ1n) is 8.90. The zero-order valence-corrected chi connectivity index (χ0v) is 15.4. The molecule has 3 aromatic rings. The number of hydrogen-bond donors (Lipinski definition) is 0. The molecular weight excluding hydrogens is 328 g/mol. The van der Waals surface area contributed by atoms with Crippen molar-refractivity contribution in [3.05, 3.63) is 64.7 Å². The lowest BCUT2D eigenvalue weighted by Crippen LogP contribution is -2.30. The Bertz CT molecular complexity index is 865. The van der Waals surface area contributed by atoms with Crippen LogP contribution in [-0.2, 0) is 0 Å². The van der Waals surface area contributed by atoms with Crippen LogP contribution in [0.2, 0.25) is 0 Å². The summed E-state index contributed by atoms with van der Waals surface area (Å²) >= 11 is 1.71. The van der Waals surface area contributed by atoms with Crippen LogP contribution in [0.5, 0.6) is 0 Å². The molecule has 1 fully saturated rings. The first kappa shape index (κ1) is 16.3. The van der Waals surface area contributed by atoms with Crippen LogP contribution in [0.4, 0.5) is 0 Å². The quantitative estimate of drug-likeness (QED) is 0.634. The van der Waals surface area contributed by atoms with Gasteiger partial charge in [-0.25, -0.2) is 4.98 Å². The molecule has 2 aromatic carbocycles. The average Bonchev–Trinajstić information content (AvgIpc) is 3.27. The summed E-state index contributed by atoms with van der Waals surface area (Å²) in [7, 11) is 0. The second-order valence-corrected chi connectivity index (χ2v) is 8.02. The van der Waals surface area contributed by atoms with Gasteiger partial charge in [0.2, 0.25) is 0 Å². The van der Waals surface area contributed by atoms with Crippen molar-refractivity contribution in [3.8, 4) is 0 Å². The summed E-state index contributed by atoms with van der Waals surface area (Å²) in [5.74, 6) is 0.600. The van der Waals surface area contributed by atoms with Crippen molar-refractivity contribution >= 4 is 27.5 Å². The van der Waals surface area contributed by atoms with Gasteiger partial charge in [0, 0.05) is 12.1 Å². The van der Waals surface area contributed by atoms with Gasteiger partial charge in [0.25, 0.3) is 5.91 Å². The van der Waals surface area contributed by atoms with E-state index in [1.54, 1.807) is 11.3 Å². The third-order valence-corrected chi connectivity index (χ3v) is 6.07. The molecule has 1 unspecified atom stereocenters. The van der Waals surface area contributed by atoms with E-state index in [-0.39, 0.29) is 11.9 Å². The third-order valence-electron chi connectivity index (χ3n) is 4.93. The van der Waals surface area contributed by atoms with E-state index < -0.39 is 0 Å². The second kappa shape index (κ2) is 6.60. The number of amides is 1. The summed E-state index contributed by atoms with van der Waals surface area (Å²) in [5, 5.41) is 1.06. The highest BCUT2D eigenvalue weighted by Crippen LogP contribution is 2.37. The Kier molecular flexibility index (Phi) is 4.30. The fraction of sp³-hybridized carbons (Fsp3) is 0.333. The van der Waals surface area contributed by atoms with Crippen molar-refractivity contribution in [1.29, 1.82) is 0 Å². The monoisotopic (exact) mass is 350 g/mol. The molecule has 1 aliphatic heterocycles. The Labute approximate surface area is 152 Å². The molecule has 0 radical (unpaired) electrons. The Morgan fingerprint density at radius 2 is 1.92 bits per heavy atom. The molecule has 25 heavy (non-hydrogen) atoms. The lowest BCUT2D eigenvalue weighted by molar-refractivity contribution is 0.0735. The summed E-state index contributed by atoms with van der Waals surface area (Å²) in [6.45, 7) is 5.15. The molecule has 128 valence electrons. The van der Waals surface area contributed by atoms with E-state index in [1.165, 1.54) is 10.3 Å². The van der Waals surface area contributed by atoms with Crippen LogP contribution in [0.3, 0.4) is 0 Å². The van der Waals surface area contributed by atoms with Gasteiger partial charge < -0.3 is 4.90 Å². The van der Waals surface area contributed by atoms with Crippen LogP contribution in [-0.4, -0.2) is 22.3 Å². The molecule has 2 heterocycles. The van der Waals surface area contributed by atoms with Gasteiger partial charge in [0.05, 0.1) is 16.3 Å². The number of aromatic nitrogens is 1. The van der Waals surface area contributed by atoms with Crippen molar-refractivity contribution in [1.82, 2.24) is 9.88 Å². The molecule has 4 rings (SSSR count). The molecule has 0 spiro atoms. The number of rotatable bonds is 3. The molecule has 0 bridgehead atoms. The van der Waals surface area contributed by atoms with Gasteiger partial charge >= 0.3 is 0 Å². The van der Waals surface area contributed by atoms with Gasteiger partial charge in [-0.2, -0.15) is 0 Å². The Morgan fingerprint density at radius 3 is 2.64 bits per heavy atom. The van der Waals surface area contributed by atoms with Crippen LogP contribution in [0.15, 0.2) is 48.5 Å². The molecule has 1 aliphatic rings. The van der Waals surface area contributed by atoms with E-state index in [0.29, 0.717) is 5.92 Å². The van der Waals surface area contributed by atoms with Crippen molar-refractivity contribution in [2.45, 2.75) is 38.6 Å². The third kappa shape index (κ3) is 3.07. The average molecular weight is 350 g/mol. The number of carbonyl (C=O) groups excluding carboxylic acids is 1. The van der Waals surface area contributed by atoms with Gasteiger partial charge in [-0.3, -0.25) is 4.79 Å². The minimum absolute atomic E-state index is 0.106. The molecule has 4 heteroatoms. The topological polar surface area (TPSA) is 33.2 Å². The molecule has 1 atom stereocenters. The molecule has 3 nitrogen and oxygen atoms in total. The van der Waals surface area contributed by atoms with Gasteiger partial charge in [-0.05, 0) is 48.6 Å². The molecule has 1 aromatic heterocycles. The Hall–Kier alpha value is -2.20. The fourth-order valence-corrected chi connectivity index (χ4v) is 4.59. The van der Waals surface area contributed by atoms with E-state index in [9.17, 15) is 4.79 Å². The first-order chi connectivity index (χ1) is 12.1. The predicted octanol–water partition coefficient (Wildman–Crippen LogP) is 5.40. The van der Waals surface area contributed by atoms with E-state index in [0.717, 1.165) is 35.5 Å². The van der Waals surface area contributed by atoms with Crippen molar-refractivity contribution in [2.24, 2.45) is 0 Å². The highest BCUT2D eigenvalue weighted by molar-refractivity contribution is 7.18. The summed E-state index contributed by atoms with van der Waals surface area (Å²) in [5.41, 5.74) is 3.07. The van der Waals surface area contributed by atoms with Crippen LogP contribution < -0.4 is 0 Å². The minimum atomic E-state index is 0.106. The predicted molar refractivity (Wildman–Crippen MR) is 103 cm³/mol. The number of thiazole rings is 1. The maximum Gasteiger partial charge on any atom is 0.254 e. The molecule has 0 saturated carbocycles. The van der Waals surface area contributed by atoms with Crippen molar-refractivity contribution in [2.75, 3.05) is 6.54 Å². The number of carbonyl (C=O) groups is 1. The van der Waals surface area contributed by atoms with Crippen molar-refractivity contribution < 1.29 is 4.79 Å². The highest BCUT2D eigenvalue weighted by atomic mass is 32.1. The molecule has 0 aliphatic carbocycles. The zero-order valence-electron chi connectivity index (χ0n) is 14.6. The summed E-state index contributed by atoms with van der Waals surface area (Å²) in [4.78, 5) is 19.8. The van der Waals surface area contributed by atoms with E-state index in [2.05, 4.69) is 32.0 Å². The fourth-order valence-electron chi connectivity index (χ4n) is 3.48. The highest BCUT2D eigenvalue weighted by Gasteiger charge is 2.32. The number of likely N-dealkylation sites (tertiary alicyclic amines) is 1. The smallest absolute Gasteiger partial charge is 0.254 e. The van der Waals surface area contributed by atoms with Gasteiger partial charge in [0.1, 0.15) is 5.01 Å². The normalized spacial score (nSPS) is 17.6. The standard InChI is InChI=1S/C21H22N2OS/c1-14(2)15-9-11-16(12-10-15)21(24)23-13-5-7-18(23)20-22-17-6-3-4-8-19(17)25-20/h3-4,6,8-12,14,18H,5,7,13H2,1-2H3. The van der Waals surface area contributed by atoms with E-state index in [4.69, 9.17) is 4.98 Å². The largest absolute Gasteiger partial charge is 0.329 e. The second-order valence-electron chi connectivity index (χ2n) is 6.95. The van der Waals surface area contributed by atoms with Gasteiger partial charge in [0.15, 0.2) is 0 Å². The summed E-state index contributed by atoms with van der Waals surface area (Å²) in [6, 6.07) is 16.4. The van der Waals surface area contributed by atoms with Crippen molar-refractivity contribution in [3.63, 3.8) is 0 Å². The molecule has 1 amide bonds. The minimum Gasteiger partial charge on any atom is -0.329 e. The maximum atomic E-state index is 13.0. The number of hydrogen-bond acceptors (Lipinski definition) is 3. The summed E-state index contributed by atoms with van der Waals surface area (Å²) < 4.78 is 1.19. The maximum absolute atomic E-state index is 13.0. The van der Waals surface area contributed by atoms with Gasteiger partial charge in [-0.15, -0.1) is 11.3 Å². The Balaban J connectivity index is 1.61. The van der Waals surface area contributed by atoms with Crippen LogP contribution in [0.1, 0.15) is 59.6 Å². The number of nitrogens with zero attached hydrogens (tertiary/aromatic N) is 2. The Morgan fingerprint density at radius 1 is 1.16 bits per heavy atom. The van der Waals surface area contributed by atoms with Crippen LogP contribution in [0.25, 0.3) is 10.2 Å². The van der Waals surface area contributed by atoms with E-state index in [1.807, 2.05) is 35.2 Å². The SMILES string of the molecule is CC(C)c1ccc(C(=O)N2CCCC2c2nc3ccccc3s2)cc1. The van der Waals surface area contributed by atoms with Gasteiger partial charge in [-0.1, -0.05) is 38.1 Å². The molecular formula is C21H22N2OS. The zero-order chi connectivity index (χ0) is 17.4. The number of benzene rings is 2. The first-order valence-corrected chi connectivity index (χ1v) is 9.71. The number of fused-ring (bicyclic) bond motifs is 1. The van der Waals surface area contributed by atoms with Crippen LogP contribution >= 0.6 is 11.3 Å². The summed E-state index contributed by atoms with van der Waals surface area (Å²) in [6.07, 6.45) is 2.03. The van der Waals surface area contributed by atoms with E-state index >= 15 is 0 Å². The molecule has 0 N–H and O–H groups in total. The number of para-hydroxylation sites is 1.